The first-order valence-electron chi connectivity index (χ1n) is 19.0. The Morgan fingerprint density at radius 3 is 2.27 bits per heavy atom. The molecule has 276 valence electrons. The Morgan fingerprint density at radius 2 is 1.63 bits per heavy atom. The maximum atomic E-state index is 12.9. The Balaban J connectivity index is 1.21. The SMILES string of the molecule is CC(C)(C)OC(=O)CCCC(=O)Nc1nc2c(s1)C[C@]1(C)[C@H]3C[C@@H](O)[C@@H]4C([C@]5(C)CC[C@H](C(C)(C)O)O5)CC[C@@]4(C)[C@]3(C)CC[C@H]1C2(C)C. The molecule has 0 bridgehead atoms. The van der Waals surface area contributed by atoms with E-state index >= 15 is 0 Å². The molecule has 0 aromatic carbocycles. The van der Waals surface area contributed by atoms with Crippen molar-refractivity contribution < 1.29 is 29.3 Å². The lowest BCUT2D eigenvalue weighted by molar-refractivity contribution is -0.227. The van der Waals surface area contributed by atoms with Crippen molar-refractivity contribution in [3.05, 3.63) is 10.6 Å². The average Bonchev–Trinajstić information content (AvgIpc) is 3.65. The second kappa shape index (κ2) is 12.0. The van der Waals surface area contributed by atoms with E-state index in [0.29, 0.717) is 23.4 Å². The molecule has 0 spiro atoms. The van der Waals surface area contributed by atoms with E-state index in [1.54, 1.807) is 11.3 Å². The highest BCUT2D eigenvalue weighted by atomic mass is 32.1. The first-order valence-corrected chi connectivity index (χ1v) is 19.9. The van der Waals surface area contributed by atoms with Gasteiger partial charge in [-0.25, -0.2) is 4.98 Å². The summed E-state index contributed by atoms with van der Waals surface area (Å²) in [5, 5.41) is 26.8. The molecule has 3 saturated carbocycles. The van der Waals surface area contributed by atoms with Crippen LogP contribution in [-0.2, 0) is 30.9 Å². The van der Waals surface area contributed by atoms with Gasteiger partial charge in [0.15, 0.2) is 5.13 Å². The Kier molecular flexibility index (Phi) is 9.11. The van der Waals surface area contributed by atoms with E-state index in [1.807, 2.05) is 34.6 Å². The third-order valence-electron chi connectivity index (χ3n) is 14.7. The molecule has 6 rings (SSSR count). The van der Waals surface area contributed by atoms with Gasteiger partial charge in [0, 0.05) is 23.1 Å². The largest absolute Gasteiger partial charge is 0.460 e. The number of amides is 1. The molecule has 1 amide bonds. The number of aliphatic hydroxyl groups excluding tert-OH is 1. The van der Waals surface area contributed by atoms with E-state index in [4.69, 9.17) is 14.5 Å². The Morgan fingerprint density at radius 1 is 0.959 bits per heavy atom. The van der Waals surface area contributed by atoms with Gasteiger partial charge in [0.05, 0.1) is 29.1 Å². The van der Waals surface area contributed by atoms with Crippen molar-refractivity contribution in [3.63, 3.8) is 0 Å². The molecule has 1 aromatic heterocycles. The maximum Gasteiger partial charge on any atom is 0.306 e. The Hall–Kier alpha value is -1.55. The van der Waals surface area contributed by atoms with Crippen molar-refractivity contribution in [1.82, 2.24) is 4.98 Å². The maximum absolute atomic E-state index is 12.9. The normalized spacial score (nSPS) is 41.3. The van der Waals surface area contributed by atoms with E-state index in [9.17, 15) is 19.8 Å². The molecule has 1 saturated heterocycles. The highest BCUT2D eigenvalue weighted by molar-refractivity contribution is 7.15. The predicted octanol–water partition coefficient (Wildman–Crippen LogP) is 7.97. The minimum atomic E-state index is -0.872. The second-order valence-electron chi connectivity index (χ2n) is 19.7. The van der Waals surface area contributed by atoms with Gasteiger partial charge >= 0.3 is 5.97 Å². The van der Waals surface area contributed by atoms with Gasteiger partial charge in [-0.15, -0.1) is 11.3 Å². The van der Waals surface area contributed by atoms with Gasteiger partial charge in [-0.05, 0) is 139 Å². The number of hydrogen-bond donors (Lipinski definition) is 3. The van der Waals surface area contributed by atoms with Crippen LogP contribution in [0.5, 0.6) is 0 Å². The average molecular weight is 701 g/mol. The quantitative estimate of drug-likeness (QED) is 0.247. The van der Waals surface area contributed by atoms with Gasteiger partial charge in [0.25, 0.3) is 0 Å². The topological polar surface area (TPSA) is 118 Å². The molecular weight excluding hydrogens is 637 g/mol. The fourth-order valence-electron chi connectivity index (χ4n) is 12.4. The van der Waals surface area contributed by atoms with Crippen LogP contribution in [0.2, 0.25) is 0 Å². The number of aromatic nitrogens is 1. The molecule has 4 fully saturated rings. The third kappa shape index (κ3) is 6.12. The molecule has 1 unspecified atom stereocenters. The number of esters is 1. The van der Waals surface area contributed by atoms with Crippen LogP contribution in [0.15, 0.2) is 0 Å². The summed E-state index contributed by atoms with van der Waals surface area (Å²) in [6.45, 7) is 23.7. The number of carbonyl (C=O) groups excluding carboxylic acids is 2. The van der Waals surface area contributed by atoms with Gasteiger partial charge in [-0.3, -0.25) is 9.59 Å². The van der Waals surface area contributed by atoms with E-state index in [-0.39, 0.29) is 69.9 Å². The number of carbonyl (C=O) groups is 2. The zero-order valence-electron chi connectivity index (χ0n) is 32.1. The number of hydrogen-bond acceptors (Lipinski definition) is 8. The standard InChI is InChI=1S/C40H64N2O6S/c1-34(2,3)48-30(45)14-12-13-29(44)41-33-42-32-25(49-33)22-37(8)26(35(32,4)5)16-19-38(9)27(37)21-24(43)31-23(15-18-39(31,38)10)40(11)20-17-28(47-40)36(6,7)46/h23-24,26-28,31,43,46H,12-22H2,1-11H3,(H,41,42,44)/t23?,24-,26+,27-,28-,31+,37+,38-,39-,40+/m1/s1. The van der Waals surface area contributed by atoms with Crippen LogP contribution in [0.1, 0.15) is 151 Å². The van der Waals surface area contributed by atoms with Crippen molar-refractivity contribution in [2.45, 2.75) is 181 Å². The summed E-state index contributed by atoms with van der Waals surface area (Å²) in [7, 11) is 0. The summed E-state index contributed by atoms with van der Waals surface area (Å²) in [6, 6.07) is 0. The minimum Gasteiger partial charge on any atom is -0.460 e. The van der Waals surface area contributed by atoms with Crippen LogP contribution in [0, 0.1) is 39.9 Å². The van der Waals surface area contributed by atoms with Gasteiger partial charge in [0.1, 0.15) is 5.60 Å². The Labute approximate surface area is 298 Å². The molecule has 1 aromatic rings. The number of anilines is 1. The lowest BCUT2D eigenvalue weighted by Gasteiger charge is -2.69. The van der Waals surface area contributed by atoms with E-state index in [1.165, 1.54) is 4.88 Å². The summed E-state index contributed by atoms with van der Waals surface area (Å²) in [5.41, 5.74) is -0.745. The van der Waals surface area contributed by atoms with E-state index in [2.05, 4.69) is 46.9 Å². The molecule has 4 aliphatic carbocycles. The van der Waals surface area contributed by atoms with Gasteiger partial charge in [0.2, 0.25) is 5.91 Å². The van der Waals surface area contributed by atoms with Crippen LogP contribution < -0.4 is 5.32 Å². The van der Waals surface area contributed by atoms with Crippen molar-refractivity contribution in [1.29, 1.82) is 0 Å². The number of nitrogens with zero attached hydrogens (tertiary/aromatic N) is 1. The highest BCUT2D eigenvalue weighted by Gasteiger charge is 2.72. The molecule has 0 radical (unpaired) electrons. The third-order valence-corrected chi connectivity index (χ3v) is 15.7. The lowest BCUT2D eigenvalue weighted by Crippen LogP contribution is -2.66. The van der Waals surface area contributed by atoms with E-state index in [0.717, 1.165) is 57.1 Å². The summed E-state index contributed by atoms with van der Waals surface area (Å²) in [5.74, 6) is 0.814. The lowest BCUT2D eigenvalue weighted by atomic mass is 9.35. The summed E-state index contributed by atoms with van der Waals surface area (Å²) in [6.07, 6.45) is 8.24. The number of thiazole rings is 1. The summed E-state index contributed by atoms with van der Waals surface area (Å²) < 4.78 is 12.1. The zero-order valence-corrected chi connectivity index (χ0v) is 32.9. The Bertz CT molecular complexity index is 1460. The van der Waals surface area contributed by atoms with Crippen LogP contribution in [0.3, 0.4) is 0 Å². The van der Waals surface area contributed by atoms with Crippen LogP contribution in [0.4, 0.5) is 5.13 Å². The molecule has 49 heavy (non-hydrogen) atoms. The van der Waals surface area contributed by atoms with E-state index < -0.39 is 17.3 Å². The summed E-state index contributed by atoms with van der Waals surface area (Å²) in [4.78, 5) is 31.4. The number of ether oxygens (including phenoxy) is 2. The zero-order chi connectivity index (χ0) is 36.2. The first-order chi connectivity index (χ1) is 22.4. The molecule has 2 heterocycles. The van der Waals surface area contributed by atoms with Crippen molar-refractivity contribution in [2.24, 2.45) is 39.9 Å². The first kappa shape index (κ1) is 37.2. The molecule has 1 aliphatic heterocycles. The number of rotatable bonds is 7. The van der Waals surface area contributed by atoms with Crippen LogP contribution in [0.25, 0.3) is 0 Å². The fraction of sp³-hybridized carbons (Fsp3) is 0.875. The smallest absolute Gasteiger partial charge is 0.306 e. The van der Waals surface area contributed by atoms with Crippen molar-refractivity contribution in [3.8, 4) is 0 Å². The summed E-state index contributed by atoms with van der Waals surface area (Å²) >= 11 is 1.61. The molecule has 3 N–H and O–H groups in total. The minimum absolute atomic E-state index is 0.0102. The molecular formula is C40H64N2O6S. The molecule has 10 atom stereocenters. The molecule has 5 aliphatic rings. The van der Waals surface area contributed by atoms with Crippen LogP contribution in [-0.4, -0.2) is 56.1 Å². The van der Waals surface area contributed by atoms with Gasteiger partial charge in [-0.2, -0.15) is 0 Å². The van der Waals surface area contributed by atoms with Crippen molar-refractivity contribution in [2.75, 3.05) is 5.32 Å². The number of aliphatic hydroxyl groups is 2. The number of fused-ring (bicyclic) bond motifs is 6. The fourth-order valence-corrected chi connectivity index (χ4v) is 13.7. The monoisotopic (exact) mass is 700 g/mol. The molecule has 9 heteroatoms. The van der Waals surface area contributed by atoms with Crippen LogP contribution >= 0.6 is 11.3 Å². The molecule has 8 nitrogen and oxygen atoms in total. The van der Waals surface area contributed by atoms with Crippen molar-refractivity contribution >= 4 is 28.3 Å². The number of nitrogens with one attached hydrogen (secondary N) is 1. The van der Waals surface area contributed by atoms with Gasteiger partial charge < -0.3 is 25.0 Å². The van der Waals surface area contributed by atoms with Gasteiger partial charge in [-0.1, -0.05) is 34.6 Å². The highest BCUT2D eigenvalue weighted by Crippen LogP contribution is 2.76. The second-order valence-corrected chi connectivity index (χ2v) is 20.8. The predicted molar refractivity (Wildman–Crippen MR) is 193 cm³/mol.